The number of likely N-dealkylation sites (tertiary alicyclic amines) is 1. The highest BCUT2D eigenvalue weighted by Gasteiger charge is 2.30. The maximum Gasteiger partial charge on any atom is 0.263 e. The van der Waals surface area contributed by atoms with E-state index in [1.807, 2.05) is 59.5 Å². The number of nitrogens with zero attached hydrogens (tertiary/aromatic N) is 3. The van der Waals surface area contributed by atoms with Crippen LogP contribution >= 0.6 is 0 Å². The second-order valence-corrected chi connectivity index (χ2v) is 7.36. The Balaban J connectivity index is 1.33. The highest BCUT2D eigenvalue weighted by atomic mass is 16.5. The Labute approximate surface area is 175 Å². The van der Waals surface area contributed by atoms with Crippen molar-refractivity contribution in [3.63, 3.8) is 0 Å². The van der Waals surface area contributed by atoms with Crippen molar-refractivity contribution in [3.8, 4) is 22.9 Å². The molecule has 0 aliphatic carbocycles. The molecule has 3 aromatic rings. The predicted octanol–water partition coefficient (Wildman–Crippen LogP) is 3.92. The monoisotopic (exact) mass is 407 g/mol. The summed E-state index contributed by atoms with van der Waals surface area (Å²) < 4.78 is 16.5. The minimum absolute atomic E-state index is 0.00162. The number of ether oxygens (including phenoxy) is 2. The molecule has 1 aliphatic heterocycles. The number of hydrogen-bond donors (Lipinski definition) is 0. The first-order chi connectivity index (χ1) is 14.6. The predicted molar refractivity (Wildman–Crippen MR) is 111 cm³/mol. The molecule has 0 radical (unpaired) electrons. The smallest absolute Gasteiger partial charge is 0.263 e. The number of para-hydroxylation sites is 1. The zero-order chi connectivity index (χ0) is 20.9. The molecule has 156 valence electrons. The second kappa shape index (κ2) is 8.98. The number of rotatable bonds is 6. The van der Waals surface area contributed by atoms with Crippen LogP contribution in [-0.2, 0) is 4.79 Å². The second-order valence-electron chi connectivity index (χ2n) is 7.36. The van der Waals surface area contributed by atoms with Gasteiger partial charge in [0.2, 0.25) is 11.7 Å². The topological polar surface area (TPSA) is 77.7 Å². The molecule has 0 N–H and O–H groups in total. The average molecular weight is 407 g/mol. The molecule has 1 saturated heterocycles. The molecule has 1 atom stereocenters. The van der Waals surface area contributed by atoms with E-state index >= 15 is 0 Å². The first-order valence-electron chi connectivity index (χ1n) is 10.1. The molecule has 7 heteroatoms. The van der Waals surface area contributed by atoms with E-state index in [0.717, 1.165) is 24.2 Å². The number of carbonyl (C=O) groups excluding carboxylic acids is 1. The standard InChI is InChI=1S/C23H25N3O4/c1-16(29-20-6-4-3-5-7-20)23(27)26-14-12-18(13-15-26)22-24-21(25-30-22)17-8-10-19(28-2)11-9-17/h3-11,16,18H,12-15H2,1-2H3. The number of carbonyl (C=O) groups is 1. The van der Waals surface area contributed by atoms with Gasteiger partial charge in [-0.05, 0) is 56.2 Å². The summed E-state index contributed by atoms with van der Waals surface area (Å²) >= 11 is 0. The summed E-state index contributed by atoms with van der Waals surface area (Å²) in [6, 6.07) is 17.0. The fourth-order valence-corrected chi connectivity index (χ4v) is 3.62. The molecule has 30 heavy (non-hydrogen) atoms. The lowest BCUT2D eigenvalue weighted by atomic mass is 9.96. The van der Waals surface area contributed by atoms with Crippen molar-refractivity contribution in [2.75, 3.05) is 20.2 Å². The summed E-state index contributed by atoms with van der Waals surface area (Å²) in [4.78, 5) is 19.2. The Bertz CT molecular complexity index is 964. The third kappa shape index (κ3) is 4.45. The Morgan fingerprint density at radius 2 is 1.77 bits per heavy atom. The van der Waals surface area contributed by atoms with Gasteiger partial charge in [0.05, 0.1) is 7.11 Å². The van der Waals surface area contributed by atoms with Gasteiger partial charge < -0.3 is 18.9 Å². The Hall–Kier alpha value is -3.35. The summed E-state index contributed by atoms with van der Waals surface area (Å²) in [5.74, 6) is 2.83. The van der Waals surface area contributed by atoms with Gasteiger partial charge in [-0.2, -0.15) is 4.98 Å². The van der Waals surface area contributed by atoms with Crippen molar-refractivity contribution in [3.05, 3.63) is 60.5 Å². The molecule has 0 spiro atoms. The first kappa shape index (κ1) is 19.9. The zero-order valence-corrected chi connectivity index (χ0v) is 17.2. The van der Waals surface area contributed by atoms with Crippen LogP contribution in [0.2, 0.25) is 0 Å². The van der Waals surface area contributed by atoms with Crippen LogP contribution in [0.5, 0.6) is 11.5 Å². The van der Waals surface area contributed by atoms with Gasteiger partial charge in [0.15, 0.2) is 6.10 Å². The van der Waals surface area contributed by atoms with Crippen LogP contribution in [0.3, 0.4) is 0 Å². The molecular formula is C23H25N3O4. The van der Waals surface area contributed by atoms with E-state index in [1.54, 1.807) is 14.0 Å². The van der Waals surface area contributed by atoms with Crippen LogP contribution in [0.25, 0.3) is 11.4 Å². The third-order valence-electron chi connectivity index (χ3n) is 5.35. The van der Waals surface area contributed by atoms with Crippen molar-refractivity contribution in [1.29, 1.82) is 0 Å². The SMILES string of the molecule is COc1ccc(-c2noc(C3CCN(C(=O)C(C)Oc4ccccc4)CC3)n2)cc1. The molecule has 2 aromatic carbocycles. The van der Waals surface area contributed by atoms with Crippen molar-refractivity contribution in [2.45, 2.75) is 31.8 Å². The fraction of sp³-hybridized carbons (Fsp3) is 0.348. The van der Waals surface area contributed by atoms with E-state index in [0.29, 0.717) is 30.6 Å². The maximum absolute atomic E-state index is 12.7. The van der Waals surface area contributed by atoms with E-state index in [1.165, 1.54) is 0 Å². The molecule has 1 unspecified atom stereocenters. The Kier molecular flexibility index (Phi) is 5.97. The van der Waals surface area contributed by atoms with Crippen molar-refractivity contribution in [1.82, 2.24) is 15.0 Å². The van der Waals surface area contributed by atoms with Crippen molar-refractivity contribution < 1.29 is 18.8 Å². The first-order valence-corrected chi connectivity index (χ1v) is 10.1. The molecule has 7 nitrogen and oxygen atoms in total. The van der Waals surface area contributed by atoms with Gasteiger partial charge in [-0.3, -0.25) is 4.79 Å². The maximum atomic E-state index is 12.7. The highest BCUT2D eigenvalue weighted by Crippen LogP contribution is 2.29. The molecule has 1 fully saturated rings. The van der Waals surface area contributed by atoms with E-state index in [4.69, 9.17) is 14.0 Å². The van der Waals surface area contributed by atoms with Gasteiger partial charge in [-0.1, -0.05) is 23.4 Å². The number of hydrogen-bond acceptors (Lipinski definition) is 6. The van der Waals surface area contributed by atoms with Crippen molar-refractivity contribution in [2.24, 2.45) is 0 Å². The molecule has 1 aromatic heterocycles. The Morgan fingerprint density at radius 1 is 1.07 bits per heavy atom. The number of aromatic nitrogens is 2. The van der Waals surface area contributed by atoms with Crippen LogP contribution in [0.4, 0.5) is 0 Å². The average Bonchev–Trinajstić information content (AvgIpc) is 3.30. The van der Waals surface area contributed by atoms with Crippen LogP contribution in [0, 0.1) is 0 Å². The van der Waals surface area contributed by atoms with E-state index in [9.17, 15) is 4.79 Å². The normalized spacial score (nSPS) is 15.6. The minimum atomic E-state index is -0.519. The van der Waals surface area contributed by atoms with Crippen LogP contribution in [0.15, 0.2) is 59.1 Å². The third-order valence-corrected chi connectivity index (χ3v) is 5.35. The van der Waals surface area contributed by atoms with Crippen LogP contribution < -0.4 is 9.47 Å². The van der Waals surface area contributed by atoms with Gasteiger partial charge in [0.25, 0.3) is 5.91 Å². The van der Waals surface area contributed by atoms with Gasteiger partial charge in [-0.25, -0.2) is 0 Å². The highest BCUT2D eigenvalue weighted by molar-refractivity contribution is 5.81. The van der Waals surface area contributed by atoms with Gasteiger partial charge in [0.1, 0.15) is 11.5 Å². The molecule has 0 saturated carbocycles. The largest absolute Gasteiger partial charge is 0.497 e. The lowest BCUT2D eigenvalue weighted by Crippen LogP contribution is -2.44. The van der Waals surface area contributed by atoms with E-state index in [2.05, 4.69) is 10.1 Å². The number of benzene rings is 2. The van der Waals surface area contributed by atoms with Crippen molar-refractivity contribution >= 4 is 5.91 Å². The molecule has 4 rings (SSSR count). The lowest BCUT2D eigenvalue weighted by molar-refractivity contribution is -0.139. The fourth-order valence-electron chi connectivity index (χ4n) is 3.62. The van der Waals surface area contributed by atoms with E-state index < -0.39 is 6.10 Å². The molecular weight excluding hydrogens is 382 g/mol. The quantitative estimate of drug-likeness (QED) is 0.616. The van der Waals surface area contributed by atoms with E-state index in [-0.39, 0.29) is 11.8 Å². The molecule has 0 bridgehead atoms. The zero-order valence-electron chi connectivity index (χ0n) is 17.2. The summed E-state index contributed by atoms with van der Waals surface area (Å²) in [6.07, 6.45) is 1.05. The summed E-state index contributed by atoms with van der Waals surface area (Å²) in [5, 5.41) is 4.12. The van der Waals surface area contributed by atoms with Gasteiger partial charge >= 0.3 is 0 Å². The summed E-state index contributed by atoms with van der Waals surface area (Å²) in [6.45, 7) is 3.08. The Morgan fingerprint density at radius 3 is 2.43 bits per heavy atom. The molecule has 2 heterocycles. The number of amides is 1. The molecule has 1 amide bonds. The summed E-state index contributed by atoms with van der Waals surface area (Å²) in [7, 11) is 1.63. The molecule has 1 aliphatic rings. The van der Waals surface area contributed by atoms with Gasteiger partial charge in [0, 0.05) is 24.6 Å². The lowest BCUT2D eigenvalue weighted by Gasteiger charge is -2.32. The van der Waals surface area contributed by atoms with Crippen LogP contribution in [0.1, 0.15) is 31.6 Å². The van der Waals surface area contributed by atoms with Crippen LogP contribution in [-0.4, -0.2) is 47.3 Å². The van der Waals surface area contributed by atoms with Gasteiger partial charge in [-0.15, -0.1) is 0 Å². The number of piperidine rings is 1. The summed E-state index contributed by atoms with van der Waals surface area (Å²) in [5.41, 5.74) is 0.880. The number of methoxy groups -OCH3 is 1. The minimum Gasteiger partial charge on any atom is -0.497 e.